The molecule has 0 amide bonds. The molecule has 2 aliphatic heterocycles. The molecule has 0 bridgehead atoms. The lowest BCUT2D eigenvalue weighted by Crippen LogP contribution is -2.49. The summed E-state index contributed by atoms with van der Waals surface area (Å²) in [6.45, 7) is 7.86. The highest BCUT2D eigenvalue weighted by Gasteiger charge is 2.30. The number of nitrogens with zero attached hydrogens (tertiary/aromatic N) is 2. The first-order valence-electron chi connectivity index (χ1n) is 8.98. The Morgan fingerprint density at radius 3 is 3.04 bits per heavy atom. The third kappa shape index (κ3) is 3.06. The summed E-state index contributed by atoms with van der Waals surface area (Å²) in [6.07, 6.45) is 2.61. The maximum absolute atomic E-state index is 12.4. The summed E-state index contributed by atoms with van der Waals surface area (Å²) in [6, 6.07) is 8.54. The molecule has 3 heterocycles. The molecule has 24 heavy (non-hydrogen) atoms. The van der Waals surface area contributed by atoms with Crippen molar-refractivity contribution in [2.75, 3.05) is 32.8 Å². The molecule has 0 spiro atoms. The van der Waals surface area contributed by atoms with Gasteiger partial charge in [-0.25, -0.2) is 0 Å². The number of aromatic nitrogens is 1. The van der Waals surface area contributed by atoms with Gasteiger partial charge in [0.2, 0.25) is 0 Å². The van der Waals surface area contributed by atoms with Gasteiger partial charge in [0.1, 0.15) is 5.75 Å². The molecule has 128 valence electrons. The predicted molar refractivity (Wildman–Crippen MR) is 95.6 cm³/mol. The summed E-state index contributed by atoms with van der Waals surface area (Å²) in [5, 5.41) is 1.04. The smallest absolute Gasteiger partial charge is 0.252 e. The van der Waals surface area contributed by atoms with E-state index in [2.05, 4.69) is 14.8 Å². The van der Waals surface area contributed by atoms with Crippen LogP contribution in [0.5, 0.6) is 5.75 Å². The summed E-state index contributed by atoms with van der Waals surface area (Å²) in [7, 11) is 0. The maximum atomic E-state index is 12.4. The number of aromatic amines is 1. The van der Waals surface area contributed by atoms with Crippen LogP contribution in [-0.4, -0.2) is 53.6 Å². The van der Waals surface area contributed by atoms with Gasteiger partial charge in [0, 0.05) is 48.7 Å². The normalized spacial score (nSPS) is 22.0. The number of H-pyrrole nitrogens is 1. The molecule has 5 nitrogen and oxygen atoms in total. The summed E-state index contributed by atoms with van der Waals surface area (Å²) in [5.74, 6) is 0.850. The number of piperazine rings is 1. The van der Waals surface area contributed by atoms with Crippen molar-refractivity contribution in [3.8, 4) is 5.75 Å². The van der Waals surface area contributed by atoms with E-state index in [4.69, 9.17) is 4.74 Å². The molecular formula is C19H25N3O2. The Morgan fingerprint density at radius 1 is 1.25 bits per heavy atom. The van der Waals surface area contributed by atoms with Gasteiger partial charge in [-0.05, 0) is 50.6 Å². The van der Waals surface area contributed by atoms with Gasteiger partial charge in [-0.1, -0.05) is 0 Å². The Balaban J connectivity index is 1.56. The maximum Gasteiger partial charge on any atom is 0.252 e. The highest BCUT2D eigenvalue weighted by Crippen LogP contribution is 2.23. The van der Waals surface area contributed by atoms with Crippen LogP contribution in [0.3, 0.4) is 0 Å². The van der Waals surface area contributed by atoms with Crippen molar-refractivity contribution < 1.29 is 4.74 Å². The molecule has 1 aromatic carbocycles. The highest BCUT2D eigenvalue weighted by molar-refractivity contribution is 5.80. The van der Waals surface area contributed by atoms with Crippen molar-refractivity contribution in [2.45, 2.75) is 32.4 Å². The zero-order chi connectivity index (χ0) is 16.5. The van der Waals surface area contributed by atoms with Crippen LogP contribution in [0, 0.1) is 0 Å². The van der Waals surface area contributed by atoms with E-state index in [1.807, 2.05) is 31.2 Å². The molecule has 0 radical (unpaired) electrons. The summed E-state index contributed by atoms with van der Waals surface area (Å²) >= 11 is 0. The molecule has 0 unspecified atom stereocenters. The predicted octanol–water partition coefficient (Wildman–Crippen LogP) is 2.21. The first-order valence-corrected chi connectivity index (χ1v) is 8.98. The van der Waals surface area contributed by atoms with Gasteiger partial charge < -0.3 is 9.72 Å². The number of ether oxygens (including phenoxy) is 1. The fourth-order valence-corrected chi connectivity index (χ4v) is 4.04. The van der Waals surface area contributed by atoms with E-state index in [0.717, 1.165) is 48.4 Å². The minimum Gasteiger partial charge on any atom is -0.494 e. The molecule has 2 aliphatic rings. The number of pyridine rings is 1. The van der Waals surface area contributed by atoms with Crippen LogP contribution in [0.25, 0.3) is 10.9 Å². The van der Waals surface area contributed by atoms with Gasteiger partial charge in [0.05, 0.1) is 6.61 Å². The largest absolute Gasteiger partial charge is 0.494 e. The summed E-state index contributed by atoms with van der Waals surface area (Å²) in [4.78, 5) is 20.5. The highest BCUT2D eigenvalue weighted by atomic mass is 16.5. The SMILES string of the molecule is CCOc1ccc2[nH]c(=O)c(CN3CCN4CCC[C@@H]4C3)cc2c1. The second-order valence-corrected chi connectivity index (χ2v) is 6.87. The molecule has 4 rings (SSSR count). The van der Waals surface area contributed by atoms with Gasteiger partial charge in [-0.15, -0.1) is 0 Å². The van der Waals surface area contributed by atoms with Crippen LogP contribution < -0.4 is 10.3 Å². The number of fused-ring (bicyclic) bond motifs is 2. The van der Waals surface area contributed by atoms with Crippen molar-refractivity contribution in [3.63, 3.8) is 0 Å². The first kappa shape index (κ1) is 15.7. The van der Waals surface area contributed by atoms with E-state index in [0.29, 0.717) is 12.6 Å². The van der Waals surface area contributed by atoms with Crippen molar-refractivity contribution >= 4 is 10.9 Å². The van der Waals surface area contributed by atoms with Crippen LogP contribution in [0.15, 0.2) is 29.1 Å². The van der Waals surface area contributed by atoms with Gasteiger partial charge in [0.25, 0.3) is 5.56 Å². The number of rotatable bonds is 4. The van der Waals surface area contributed by atoms with Crippen molar-refractivity contribution in [1.29, 1.82) is 0 Å². The van der Waals surface area contributed by atoms with Crippen molar-refractivity contribution in [3.05, 3.63) is 40.2 Å². The molecule has 0 aliphatic carbocycles. The quantitative estimate of drug-likeness (QED) is 0.935. The van der Waals surface area contributed by atoms with Crippen LogP contribution >= 0.6 is 0 Å². The van der Waals surface area contributed by atoms with Crippen LogP contribution in [0.2, 0.25) is 0 Å². The summed E-state index contributed by atoms with van der Waals surface area (Å²) in [5.41, 5.74) is 1.75. The molecule has 5 heteroatoms. The number of hydrogen-bond acceptors (Lipinski definition) is 4. The Morgan fingerprint density at radius 2 is 2.17 bits per heavy atom. The van der Waals surface area contributed by atoms with E-state index in [9.17, 15) is 4.79 Å². The second kappa shape index (κ2) is 6.57. The third-order valence-electron chi connectivity index (χ3n) is 5.27. The molecule has 1 atom stereocenters. The summed E-state index contributed by atoms with van der Waals surface area (Å²) < 4.78 is 5.57. The topological polar surface area (TPSA) is 48.6 Å². The Kier molecular flexibility index (Phi) is 4.29. The zero-order valence-corrected chi connectivity index (χ0v) is 14.3. The fourth-order valence-electron chi connectivity index (χ4n) is 4.04. The lowest BCUT2D eigenvalue weighted by Gasteiger charge is -2.37. The molecular weight excluding hydrogens is 302 g/mol. The zero-order valence-electron chi connectivity index (χ0n) is 14.3. The van der Waals surface area contributed by atoms with E-state index in [1.54, 1.807) is 0 Å². The third-order valence-corrected chi connectivity index (χ3v) is 5.27. The number of benzene rings is 1. The molecule has 2 fully saturated rings. The van der Waals surface area contributed by atoms with E-state index in [1.165, 1.54) is 19.4 Å². The van der Waals surface area contributed by atoms with Crippen molar-refractivity contribution in [2.24, 2.45) is 0 Å². The number of hydrogen-bond donors (Lipinski definition) is 1. The average molecular weight is 327 g/mol. The van der Waals surface area contributed by atoms with Gasteiger partial charge >= 0.3 is 0 Å². The van der Waals surface area contributed by atoms with Crippen LogP contribution in [0.1, 0.15) is 25.3 Å². The average Bonchev–Trinajstić information content (AvgIpc) is 3.04. The Hall–Kier alpha value is -1.85. The minimum absolute atomic E-state index is 0.0283. The molecule has 1 N–H and O–H groups in total. The number of nitrogens with one attached hydrogen (secondary N) is 1. The minimum atomic E-state index is 0.0283. The standard InChI is InChI=1S/C19H25N3O2/c1-2-24-17-5-6-18-14(11-17)10-15(19(23)20-18)12-21-8-9-22-7-3-4-16(22)13-21/h5-6,10-11,16H,2-4,7-9,12-13H2,1H3,(H,20,23)/t16-/m1/s1. The van der Waals surface area contributed by atoms with E-state index >= 15 is 0 Å². The van der Waals surface area contributed by atoms with Gasteiger partial charge in [-0.3, -0.25) is 14.6 Å². The molecule has 2 saturated heterocycles. The Bertz CT molecular complexity index is 786. The molecule has 0 saturated carbocycles. The molecule has 2 aromatic rings. The second-order valence-electron chi connectivity index (χ2n) is 6.87. The van der Waals surface area contributed by atoms with Gasteiger partial charge in [-0.2, -0.15) is 0 Å². The lowest BCUT2D eigenvalue weighted by atomic mass is 10.1. The Labute approximate surface area is 142 Å². The van der Waals surface area contributed by atoms with Crippen LogP contribution in [0.4, 0.5) is 0 Å². The van der Waals surface area contributed by atoms with Crippen molar-refractivity contribution in [1.82, 2.24) is 14.8 Å². The van der Waals surface area contributed by atoms with E-state index < -0.39 is 0 Å². The monoisotopic (exact) mass is 327 g/mol. The molecule has 1 aromatic heterocycles. The van der Waals surface area contributed by atoms with E-state index in [-0.39, 0.29) is 5.56 Å². The first-order chi connectivity index (χ1) is 11.7. The van der Waals surface area contributed by atoms with Gasteiger partial charge in [0.15, 0.2) is 0 Å². The lowest BCUT2D eigenvalue weighted by molar-refractivity contribution is 0.0991. The van der Waals surface area contributed by atoms with Crippen LogP contribution in [-0.2, 0) is 6.54 Å². The fraction of sp³-hybridized carbons (Fsp3) is 0.526.